The predicted molar refractivity (Wildman–Crippen MR) is 77.9 cm³/mol. The molecule has 3 nitrogen and oxygen atoms in total. The highest BCUT2D eigenvalue weighted by Crippen LogP contribution is 2.19. The molecule has 19 heavy (non-hydrogen) atoms. The van der Waals surface area contributed by atoms with Gasteiger partial charge in [-0.1, -0.05) is 36.4 Å². The molecule has 0 saturated carbocycles. The zero-order chi connectivity index (χ0) is 13.2. The monoisotopic (exact) mass is 251 g/mol. The summed E-state index contributed by atoms with van der Waals surface area (Å²) in [5, 5.41) is 0. The van der Waals surface area contributed by atoms with Crippen LogP contribution >= 0.6 is 0 Å². The molecule has 0 saturated heterocycles. The minimum absolute atomic E-state index is 0.459. The number of para-hydroxylation sites is 2. The number of nitrogens with zero attached hydrogens (tertiary/aromatic N) is 2. The molecule has 0 aliphatic carbocycles. The van der Waals surface area contributed by atoms with E-state index >= 15 is 0 Å². The van der Waals surface area contributed by atoms with Crippen molar-refractivity contribution in [3.05, 3.63) is 65.5 Å². The number of benzene rings is 2. The minimum Gasteiger partial charge on any atom is -0.324 e. The number of hydrogen-bond donors (Lipinski definition) is 1. The lowest BCUT2D eigenvalue weighted by Gasteiger charge is -2.10. The molecule has 0 aliphatic heterocycles. The Kier molecular flexibility index (Phi) is 3.05. The van der Waals surface area contributed by atoms with Gasteiger partial charge >= 0.3 is 0 Å². The van der Waals surface area contributed by atoms with E-state index in [2.05, 4.69) is 46.8 Å². The topological polar surface area (TPSA) is 43.8 Å². The first-order chi connectivity index (χ1) is 9.29. The van der Waals surface area contributed by atoms with E-state index in [4.69, 9.17) is 5.73 Å². The van der Waals surface area contributed by atoms with Crippen molar-refractivity contribution in [3.63, 3.8) is 0 Å². The number of aromatic nitrogens is 2. The van der Waals surface area contributed by atoms with Gasteiger partial charge in [0.2, 0.25) is 0 Å². The average molecular weight is 251 g/mol. The summed E-state index contributed by atoms with van der Waals surface area (Å²) in [6.45, 7) is 3.41. The van der Waals surface area contributed by atoms with Gasteiger partial charge in [0.05, 0.1) is 17.6 Å². The summed E-state index contributed by atoms with van der Waals surface area (Å²) in [5.41, 5.74) is 10.6. The Morgan fingerprint density at radius 2 is 1.79 bits per heavy atom. The second-order valence-electron chi connectivity index (χ2n) is 4.73. The van der Waals surface area contributed by atoms with E-state index in [9.17, 15) is 0 Å². The first-order valence-corrected chi connectivity index (χ1v) is 6.48. The fourth-order valence-electron chi connectivity index (χ4n) is 2.42. The summed E-state index contributed by atoms with van der Waals surface area (Å²) in [6.07, 6.45) is 0. The van der Waals surface area contributed by atoms with Crippen LogP contribution in [0.3, 0.4) is 0 Å². The van der Waals surface area contributed by atoms with Crippen LogP contribution in [0.15, 0.2) is 48.5 Å². The molecule has 96 valence electrons. The van der Waals surface area contributed by atoms with Crippen LogP contribution in [0.25, 0.3) is 11.0 Å². The van der Waals surface area contributed by atoms with E-state index in [1.165, 1.54) is 11.1 Å². The number of hydrogen-bond acceptors (Lipinski definition) is 2. The summed E-state index contributed by atoms with van der Waals surface area (Å²) < 4.78 is 2.21. The zero-order valence-corrected chi connectivity index (χ0v) is 11.0. The third-order valence-corrected chi connectivity index (χ3v) is 3.51. The lowest BCUT2D eigenvalue weighted by Crippen LogP contribution is -2.10. The molecule has 0 radical (unpaired) electrons. The standard InChI is InChI=1S/C16H17N3/c1-12-6-2-3-7-13(12)11-19-15-9-5-4-8-14(15)18-16(19)10-17/h2-9H,10-11,17H2,1H3. The third-order valence-electron chi connectivity index (χ3n) is 3.51. The fourth-order valence-corrected chi connectivity index (χ4v) is 2.42. The van der Waals surface area contributed by atoms with Gasteiger partial charge in [0, 0.05) is 6.54 Å². The van der Waals surface area contributed by atoms with Crippen LogP contribution in [0.1, 0.15) is 17.0 Å². The molecule has 0 aliphatic rings. The van der Waals surface area contributed by atoms with Gasteiger partial charge in [-0.2, -0.15) is 0 Å². The van der Waals surface area contributed by atoms with E-state index in [0.29, 0.717) is 6.54 Å². The summed E-state index contributed by atoms with van der Waals surface area (Å²) in [4.78, 5) is 4.59. The lowest BCUT2D eigenvalue weighted by atomic mass is 10.1. The van der Waals surface area contributed by atoms with Crippen molar-refractivity contribution >= 4 is 11.0 Å². The maximum absolute atomic E-state index is 5.82. The molecule has 1 aromatic heterocycles. The van der Waals surface area contributed by atoms with Gasteiger partial charge in [0.25, 0.3) is 0 Å². The summed E-state index contributed by atoms with van der Waals surface area (Å²) in [5.74, 6) is 0.935. The summed E-state index contributed by atoms with van der Waals surface area (Å²) in [7, 11) is 0. The Bertz CT molecular complexity index is 713. The molecule has 0 atom stereocenters. The predicted octanol–water partition coefficient (Wildman–Crippen LogP) is 2.85. The maximum atomic E-state index is 5.82. The highest BCUT2D eigenvalue weighted by atomic mass is 15.1. The molecule has 1 heterocycles. The van der Waals surface area contributed by atoms with Gasteiger partial charge in [-0.3, -0.25) is 0 Å². The van der Waals surface area contributed by atoms with Gasteiger partial charge in [-0.05, 0) is 30.2 Å². The van der Waals surface area contributed by atoms with Crippen molar-refractivity contribution in [2.75, 3.05) is 0 Å². The molecule has 0 spiro atoms. The smallest absolute Gasteiger partial charge is 0.123 e. The van der Waals surface area contributed by atoms with E-state index < -0.39 is 0 Å². The molecular formula is C16H17N3. The molecule has 2 N–H and O–H groups in total. The fraction of sp³-hybridized carbons (Fsp3) is 0.188. The van der Waals surface area contributed by atoms with E-state index in [1.807, 2.05) is 18.2 Å². The molecule has 0 amide bonds. The van der Waals surface area contributed by atoms with E-state index in [1.54, 1.807) is 0 Å². The van der Waals surface area contributed by atoms with Gasteiger partial charge < -0.3 is 10.3 Å². The van der Waals surface area contributed by atoms with Crippen molar-refractivity contribution in [1.29, 1.82) is 0 Å². The van der Waals surface area contributed by atoms with Crippen LogP contribution in [0, 0.1) is 6.92 Å². The van der Waals surface area contributed by atoms with Crippen LogP contribution in [0.2, 0.25) is 0 Å². The molecule has 2 aromatic carbocycles. The third kappa shape index (κ3) is 2.13. The van der Waals surface area contributed by atoms with Gasteiger partial charge in [0.15, 0.2) is 0 Å². The maximum Gasteiger partial charge on any atom is 0.123 e. The Labute approximate surface area is 112 Å². The summed E-state index contributed by atoms with van der Waals surface area (Å²) >= 11 is 0. The molecule has 3 rings (SSSR count). The second kappa shape index (κ2) is 4.86. The van der Waals surface area contributed by atoms with Gasteiger partial charge in [0.1, 0.15) is 5.82 Å². The van der Waals surface area contributed by atoms with Crippen molar-refractivity contribution in [1.82, 2.24) is 9.55 Å². The molecule has 0 unspecified atom stereocenters. The van der Waals surface area contributed by atoms with Crippen molar-refractivity contribution in [3.8, 4) is 0 Å². The normalized spacial score (nSPS) is 11.1. The Morgan fingerprint density at radius 3 is 2.58 bits per heavy atom. The lowest BCUT2D eigenvalue weighted by molar-refractivity contribution is 0.741. The number of aryl methyl sites for hydroxylation is 1. The van der Waals surface area contributed by atoms with Crippen LogP contribution in [0.5, 0.6) is 0 Å². The van der Waals surface area contributed by atoms with Gasteiger partial charge in [-0.25, -0.2) is 4.98 Å². The number of rotatable bonds is 3. The van der Waals surface area contributed by atoms with Crippen LogP contribution < -0.4 is 5.73 Å². The van der Waals surface area contributed by atoms with Crippen molar-refractivity contribution in [2.24, 2.45) is 5.73 Å². The van der Waals surface area contributed by atoms with E-state index in [0.717, 1.165) is 23.4 Å². The zero-order valence-electron chi connectivity index (χ0n) is 11.0. The Balaban J connectivity index is 2.12. The number of nitrogens with two attached hydrogens (primary N) is 1. The average Bonchev–Trinajstić information content (AvgIpc) is 2.79. The highest BCUT2D eigenvalue weighted by molar-refractivity contribution is 5.76. The quantitative estimate of drug-likeness (QED) is 0.778. The van der Waals surface area contributed by atoms with Crippen LogP contribution in [0.4, 0.5) is 0 Å². The number of imidazole rings is 1. The SMILES string of the molecule is Cc1ccccc1Cn1c(CN)nc2ccccc21. The number of fused-ring (bicyclic) bond motifs is 1. The Morgan fingerprint density at radius 1 is 1.05 bits per heavy atom. The van der Waals surface area contributed by atoms with E-state index in [-0.39, 0.29) is 0 Å². The first kappa shape index (κ1) is 11.9. The summed E-state index contributed by atoms with van der Waals surface area (Å²) in [6, 6.07) is 16.6. The van der Waals surface area contributed by atoms with Crippen LogP contribution in [-0.4, -0.2) is 9.55 Å². The Hall–Kier alpha value is -2.13. The second-order valence-corrected chi connectivity index (χ2v) is 4.73. The van der Waals surface area contributed by atoms with Crippen molar-refractivity contribution in [2.45, 2.75) is 20.0 Å². The molecular weight excluding hydrogens is 234 g/mol. The molecule has 0 fully saturated rings. The largest absolute Gasteiger partial charge is 0.324 e. The molecule has 3 aromatic rings. The molecule has 0 bridgehead atoms. The highest BCUT2D eigenvalue weighted by Gasteiger charge is 2.09. The molecule has 3 heteroatoms. The van der Waals surface area contributed by atoms with Crippen molar-refractivity contribution < 1.29 is 0 Å². The van der Waals surface area contributed by atoms with Gasteiger partial charge in [-0.15, -0.1) is 0 Å². The first-order valence-electron chi connectivity index (χ1n) is 6.48. The minimum atomic E-state index is 0.459. The van der Waals surface area contributed by atoms with Crippen LogP contribution in [-0.2, 0) is 13.1 Å².